The molecule has 1 aliphatic rings. The molecule has 5 heteroatoms. The number of fused-ring (bicyclic) bond motifs is 1. The highest BCUT2D eigenvalue weighted by Gasteiger charge is 2.27. The van der Waals surface area contributed by atoms with Crippen LogP contribution in [-0.2, 0) is 27.4 Å². The van der Waals surface area contributed by atoms with Gasteiger partial charge in [-0.2, -0.15) is 0 Å². The van der Waals surface area contributed by atoms with E-state index < -0.39 is 6.04 Å². The Labute approximate surface area is 124 Å². The summed E-state index contributed by atoms with van der Waals surface area (Å²) >= 11 is 0. The van der Waals surface area contributed by atoms with Crippen molar-refractivity contribution in [3.8, 4) is 0 Å². The minimum atomic E-state index is -0.671. The molecule has 2 N–H and O–H groups in total. The molecule has 1 aromatic rings. The van der Waals surface area contributed by atoms with Gasteiger partial charge in [-0.3, -0.25) is 9.59 Å². The molecule has 1 aromatic carbocycles. The average Bonchev–Trinajstić information content (AvgIpc) is 2.93. The number of nitrogens with two attached hydrogens (primary N) is 1. The van der Waals surface area contributed by atoms with Gasteiger partial charge in [-0.1, -0.05) is 36.9 Å². The normalized spacial score (nSPS) is 14.4. The third-order valence-corrected chi connectivity index (χ3v) is 3.49. The van der Waals surface area contributed by atoms with Crippen molar-refractivity contribution in [1.29, 1.82) is 0 Å². The number of carbonyl (C=O) groups is 2. The number of benzene rings is 1. The first kappa shape index (κ1) is 15.3. The van der Waals surface area contributed by atoms with Gasteiger partial charge in [-0.05, 0) is 17.5 Å². The molecule has 1 aliphatic heterocycles. The molecular formula is C16H20N2O3. The third-order valence-electron chi connectivity index (χ3n) is 3.49. The maximum absolute atomic E-state index is 12.3. The summed E-state index contributed by atoms with van der Waals surface area (Å²) in [4.78, 5) is 25.4. The summed E-state index contributed by atoms with van der Waals surface area (Å²) in [6, 6.07) is 7.28. The maximum atomic E-state index is 12.3. The van der Waals surface area contributed by atoms with Gasteiger partial charge in [0.15, 0.2) is 0 Å². The predicted octanol–water partition coefficient (Wildman–Crippen LogP) is 1.37. The molecule has 0 spiro atoms. The standard InChI is InChI=1S/C16H20N2O3/c1-2-9-21-15(19)8-7-14(17)16(20)18-10-12-5-3-4-6-13(12)11-18/h2-6,14H,1,7-11,17H2/t14-/m1/s1. The summed E-state index contributed by atoms with van der Waals surface area (Å²) in [5.41, 5.74) is 8.20. The molecule has 0 unspecified atom stereocenters. The van der Waals surface area contributed by atoms with Crippen LogP contribution in [0.3, 0.4) is 0 Å². The van der Waals surface area contributed by atoms with Gasteiger partial charge in [0.1, 0.15) is 6.61 Å². The zero-order chi connectivity index (χ0) is 15.2. The van der Waals surface area contributed by atoms with Crippen molar-refractivity contribution in [2.75, 3.05) is 6.61 Å². The number of hydrogen-bond acceptors (Lipinski definition) is 4. The monoisotopic (exact) mass is 288 g/mol. The fraction of sp³-hybridized carbons (Fsp3) is 0.375. The first-order valence-electron chi connectivity index (χ1n) is 6.99. The lowest BCUT2D eigenvalue weighted by molar-refractivity contribution is -0.142. The Morgan fingerprint density at radius 2 is 1.95 bits per heavy atom. The highest BCUT2D eigenvalue weighted by molar-refractivity contribution is 5.83. The average molecular weight is 288 g/mol. The second-order valence-electron chi connectivity index (χ2n) is 5.08. The minimum Gasteiger partial charge on any atom is -0.461 e. The van der Waals surface area contributed by atoms with E-state index in [1.165, 1.54) is 6.08 Å². The first-order chi connectivity index (χ1) is 10.1. The summed E-state index contributed by atoms with van der Waals surface area (Å²) in [6.45, 7) is 4.82. The van der Waals surface area contributed by atoms with Crippen LogP contribution in [0.4, 0.5) is 0 Å². The van der Waals surface area contributed by atoms with Gasteiger partial charge < -0.3 is 15.4 Å². The quantitative estimate of drug-likeness (QED) is 0.634. The van der Waals surface area contributed by atoms with Gasteiger partial charge in [0.05, 0.1) is 6.04 Å². The Balaban J connectivity index is 1.81. The molecule has 0 saturated carbocycles. The van der Waals surface area contributed by atoms with E-state index in [1.54, 1.807) is 4.90 Å². The van der Waals surface area contributed by atoms with E-state index in [9.17, 15) is 9.59 Å². The largest absolute Gasteiger partial charge is 0.461 e. The molecule has 5 nitrogen and oxygen atoms in total. The summed E-state index contributed by atoms with van der Waals surface area (Å²) in [7, 11) is 0. The Morgan fingerprint density at radius 1 is 1.33 bits per heavy atom. The predicted molar refractivity (Wildman–Crippen MR) is 79.1 cm³/mol. The van der Waals surface area contributed by atoms with Gasteiger partial charge in [-0.15, -0.1) is 0 Å². The molecular weight excluding hydrogens is 268 g/mol. The van der Waals surface area contributed by atoms with Crippen LogP contribution in [0.5, 0.6) is 0 Å². The van der Waals surface area contributed by atoms with Crippen LogP contribution in [0.2, 0.25) is 0 Å². The number of nitrogens with zero attached hydrogens (tertiary/aromatic N) is 1. The minimum absolute atomic E-state index is 0.122. The van der Waals surface area contributed by atoms with E-state index in [2.05, 4.69) is 6.58 Å². The van der Waals surface area contributed by atoms with Crippen molar-refractivity contribution >= 4 is 11.9 Å². The van der Waals surface area contributed by atoms with Gasteiger partial charge in [0, 0.05) is 19.5 Å². The topological polar surface area (TPSA) is 72.6 Å². The van der Waals surface area contributed by atoms with Gasteiger partial charge in [0.25, 0.3) is 0 Å². The molecule has 0 radical (unpaired) electrons. The summed E-state index contributed by atoms with van der Waals surface area (Å²) < 4.78 is 4.86. The number of rotatable bonds is 6. The van der Waals surface area contributed by atoms with Crippen molar-refractivity contribution in [1.82, 2.24) is 4.90 Å². The molecule has 112 valence electrons. The zero-order valence-electron chi connectivity index (χ0n) is 12.0. The fourth-order valence-electron chi connectivity index (χ4n) is 2.34. The van der Waals surface area contributed by atoms with Crippen LogP contribution >= 0.6 is 0 Å². The summed E-state index contributed by atoms with van der Waals surface area (Å²) in [6.07, 6.45) is 1.94. The molecule has 0 aromatic heterocycles. The zero-order valence-corrected chi connectivity index (χ0v) is 12.0. The van der Waals surface area contributed by atoms with Gasteiger partial charge >= 0.3 is 5.97 Å². The van der Waals surface area contributed by atoms with E-state index >= 15 is 0 Å². The van der Waals surface area contributed by atoms with E-state index in [1.807, 2.05) is 24.3 Å². The van der Waals surface area contributed by atoms with Crippen molar-refractivity contribution in [3.63, 3.8) is 0 Å². The summed E-state index contributed by atoms with van der Waals surface area (Å²) in [5, 5.41) is 0. The van der Waals surface area contributed by atoms with Crippen LogP contribution in [0.25, 0.3) is 0 Å². The molecule has 0 fully saturated rings. The highest BCUT2D eigenvalue weighted by atomic mass is 16.5. The van der Waals surface area contributed by atoms with Gasteiger partial charge in [0.2, 0.25) is 5.91 Å². The van der Waals surface area contributed by atoms with Crippen molar-refractivity contribution in [3.05, 3.63) is 48.0 Å². The lowest BCUT2D eigenvalue weighted by Gasteiger charge is -2.20. The van der Waals surface area contributed by atoms with E-state index in [4.69, 9.17) is 10.5 Å². The molecule has 0 saturated heterocycles. The molecule has 1 heterocycles. The number of esters is 1. The Hall–Kier alpha value is -2.14. The summed E-state index contributed by atoms with van der Waals surface area (Å²) in [5.74, 6) is -0.481. The van der Waals surface area contributed by atoms with Gasteiger partial charge in [-0.25, -0.2) is 0 Å². The van der Waals surface area contributed by atoms with Crippen LogP contribution in [0.1, 0.15) is 24.0 Å². The Bertz CT molecular complexity index is 517. The molecule has 0 bridgehead atoms. The smallest absolute Gasteiger partial charge is 0.306 e. The Kier molecular flexibility index (Phi) is 5.11. The molecule has 21 heavy (non-hydrogen) atoms. The molecule has 1 amide bonds. The van der Waals surface area contributed by atoms with Crippen LogP contribution in [0, 0.1) is 0 Å². The van der Waals surface area contributed by atoms with Crippen molar-refractivity contribution in [2.24, 2.45) is 5.73 Å². The fourth-order valence-corrected chi connectivity index (χ4v) is 2.34. The second kappa shape index (κ2) is 7.04. The maximum Gasteiger partial charge on any atom is 0.306 e. The molecule has 1 atom stereocenters. The van der Waals surface area contributed by atoms with Crippen LogP contribution in [0.15, 0.2) is 36.9 Å². The second-order valence-corrected chi connectivity index (χ2v) is 5.08. The Morgan fingerprint density at radius 3 is 2.52 bits per heavy atom. The highest BCUT2D eigenvalue weighted by Crippen LogP contribution is 2.22. The van der Waals surface area contributed by atoms with E-state index in [0.717, 1.165) is 11.1 Å². The van der Waals surface area contributed by atoms with Crippen LogP contribution < -0.4 is 5.73 Å². The number of hydrogen-bond donors (Lipinski definition) is 1. The van der Waals surface area contributed by atoms with E-state index in [0.29, 0.717) is 19.5 Å². The van der Waals surface area contributed by atoms with Crippen molar-refractivity contribution < 1.29 is 14.3 Å². The third kappa shape index (κ3) is 3.92. The number of ether oxygens (including phenoxy) is 1. The van der Waals surface area contributed by atoms with Crippen molar-refractivity contribution in [2.45, 2.75) is 32.0 Å². The lowest BCUT2D eigenvalue weighted by atomic mass is 10.1. The first-order valence-corrected chi connectivity index (χ1v) is 6.99. The number of amides is 1. The van der Waals surface area contributed by atoms with E-state index in [-0.39, 0.29) is 24.9 Å². The number of carbonyl (C=O) groups excluding carboxylic acids is 2. The van der Waals surface area contributed by atoms with Crippen LogP contribution in [-0.4, -0.2) is 29.4 Å². The molecule has 2 rings (SSSR count). The molecule has 0 aliphatic carbocycles. The lowest BCUT2D eigenvalue weighted by Crippen LogP contribution is -2.41. The SMILES string of the molecule is C=CCOC(=O)CC[C@@H](N)C(=O)N1Cc2ccccc2C1.